The van der Waals surface area contributed by atoms with Crippen molar-refractivity contribution in [3.05, 3.63) is 17.0 Å². The molecule has 1 aliphatic rings. The minimum atomic E-state index is -0.125. The first-order valence-corrected chi connectivity index (χ1v) is 6.47. The molecular weight excluding hydrogens is 284 g/mol. The minimum absolute atomic E-state index is 0.0511. The van der Waals surface area contributed by atoms with Gasteiger partial charge in [-0.15, -0.1) is 0 Å². The van der Waals surface area contributed by atoms with Crippen molar-refractivity contribution in [3.63, 3.8) is 0 Å². The molecule has 0 spiro atoms. The van der Waals surface area contributed by atoms with Gasteiger partial charge in [-0.1, -0.05) is 0 Å². The Kier molecular flexibility index (Phi) is 3.93. The summed E-state index contributed by atoms with van der Waals surface area (Å²) in [6, 6.07) is -0.125. The molecule has 1 amide bonds. The van der Waals surface area contributed by atoms with Gasteiger partial charge in [0, 0.05) is 19.8 Å². The van der Waals surface area contributed by atoms with Crippen molar-refractivity contribution >= 4 is 27.7 Å². The first kappa shape index (κ1) is 12.3. The lowest BCUT2D eigenvalue weighted by Gasteiger charge is -2.35. The van der Waals surface area contributed by atoms with E-state index in [0.717, 1.165) is 36.1 Å². The highest BCUT2D eigenvalue weighted by atomic mass is 79.9. The van der Waals surface area contributed by atoms with Crippen molar-refractivity contribution in [3.8, 4) is 0 Å². The van der Waals surface area contributed by atoms with Crippen LogP contribution in [0.1, 0.15) is 19.3 Å². The Morgan fingerprint density at radius 2 is 2.41 bits per heavy atom. The van der Waals surface area contributed by atoms with Gasteiger partial charge in [0.25, 0.3) is 0 Å². The summed E-state index contributed by atoms with van der Waals surface area (Å²) in [7, 11) is 1.67. The van der Waals surface area contributed by atoms with E-state index in [9.17, 15) is 4.79 Å². The summed E-state index contributed by atoms with van der Waals surface area (Å²) in [5.74, 6) is 0.850. The third kappa shape index (κ3) is 2.57. The van der Waals surface area contributed by atoms with Crippen LogP contribution in [-0.2, 0) is 4.79 Å². The normalized spacial score (nSPS) is 20.1. The quantitative estimate of drug-likeness (QED) is 0.895. The average Bonchev–Trinajstić information content (AvgIpc) is 2.38. The van der Waals surface area contributed by atoms with E-state index in [2.05, 4.69) is 31.2 Å². The Morgan fingerprint density at radius 1 is 1.59 bits per heavy atom. The second-order valence-electron chi connectivity index (χ2n) is 4.01. The third-order valence-electron chi connectivity index (χ3n) is 2.97. The lowest BCUT2D eigenvalue weighted by molar-refractivity contribution is -0.122. The largest absolute Gasteiger partial charge is 0.357 e. The van der Waals surface area contributed by atoms with Crippen LogP contribution in [0, 0.1) is 0 Å². The van der Waals surface area contributed by atoms with E-state index < -0.39 is 0 Å². The molecule has 2 heterocycles. The Bertz CT molecular complexity index is 412. The number of aromatic nitrogens is 2. The number of amides is 1. The minimum Gasteiger partial charge on any atom is -0.357 e. The number of likely N-dealkylation sites (N-methyl/N-ethyl adjacent to an activating group) is 1. The van der Waals surface area contributed by atoms with Crippen LogP contribution in [0.4, 0.5) is 5.82 Å². The molecule has 0 bridgehead atoms. The predicted octanol–water partition coefficient (Wildman–Crippen LogP) is 1.34. The van der Waals surface area contributed by atoms with Gasteiger partial charge in [0.15, 0.2) is 0 Å². The highest BCUT2D eigenvalue weighted by molar-refractivity contribution is 9.10. The number of hydrogen-bond donors (Lipinski definition) is 1. The summed E-state index contributed by atoms with van der Waals surface area (Å²) in [5, 5.41) is 2.71. The van der Waals surface area contributed by atoms with Gasteiger partial charge in [-0.2, -0.15) is 0 Å². The second-order valence-corrected chi connectivity index (χ2v) is 4.87. The standard InChI is InChI=1S/C11H15BrN4O/c1-13-11(17)9-4-2-3-5-16(9)10-8(12)6-14-7-15-10/h6-7,9H,2-5H2,1H3,(H,13,17). The Labute approximate surface area is 109 Å². The predicted molar refractivity (Wildman–Crippen MR) is 68.8 cm³/mol. The fourth-order valence-electron chi connectivity index (χ4n) is 2.14. The molecule has 1 unspecified atom stereocenters. The first-order chi connectivity index (χ1) is 8.24. The number of carbonyl (C=O) groups excluding carboxylic acids is 1. The smallest absolute Gasteiger partial charge is 0.242 e. The highest BCUT2D eigenvalue weighted by Gasteiger charge is 2.29. The fraction of sp³-hybridized carbons (Fsp3) is 0.545. The van der Waals surface area contributed by atoms with Gasteiger partial charge in [0.05, 0.1) is 4.47 Å². The maximum atomic E-state index is 11.9. The lowest BCUT2D eigenvalue weighted by atomic mass is 10.0. The van der Waals surface area contributed by atoms with Gasteiger partial charge in [0.2, 0.25) is 5.91 Å². The summed E-state index contributed by atoms with van der Waals surface area (Å²) < 4.78 is 0.829. The highest BCUT2D eigenvalue weighted by Crippen LogP contribution is 2.28. The van der Waals surface area contributed by atoms with E-state index in [1.807, 2.05) is 4.90 Å². The molecule has 1 fully saturated rings. The zero-order valence-corrected chi connectivity index (χ0v) is 11.3. The molecular formula is C11H15BrN4O. The summed E-state index contributed by atoms with van der Waals surface area (Å²) in [6.07, 6.45) is 6.25. The lowest BCUT2D eigenvalue weighted by Crippen LogP contribution is -2.49. The van der Waals surface area contributed by atoms with Crippen LogP contribution in [0.5, 0.6) is 0 Å². The van der Waals surface area contributed by atoms with Crippen LogP contribution >= 0.6 is 15.9 Å². The van der Waals surface area contributed by atoms with Crippen LogP contribution in [0.2, 0.25) is 0 Å². The molecule has 1 aliphatic heterocycles. The number of piperidine rings is 1. The molecule has 5 nitrogen and oxygen atoms in total. The van der Waals surface area contributed by atoms with E-state index in [4.69, 9.17) is 0 Å². The van der Waals surface area contributed by atoms with Crippen molar-refractivity contribution in [1.82, 2.24) is 15.3 Å². The average molecular weight is 299 g/mol. The number of hydrogen-bond acceptors (Lipinski definition) is 4. The summed E-state index contributed by atoms with van der Waals surface area (Å²) >= 11 is 3.43. The van der Waals surface area contributed by atoms with Crippen molar-refractivity contribution < 1.29 is 4.79 Å². The van der Waals surface area contributed by atoms with E-state index in [1.165, 1.54) is 6.33 Å². The molecule has 6 heteroatoms. The monoisotopic (exact) mass is 298 g/mol. The van der Waals surface area contributed by atoms with Crippen LogP contribution < -0.4 is 10.2 Å². The molecule has 2 rings (SSSR count). The van der Waals surface area contributed by atoms with Gasteiger partial charge >= 0.3 is 0 Å². The van der Waals surface area contributed by atoms with Crippen LogP contribution in [0.25, 0.3) is 0 Å². The zero-order chi connectivity index (χ0) is 12.3. The van der Waals surface area contributed by atoms with E-state index in [0.29, 0.717) is 0 Å². The number of nitrogens with one attached hydrogen (secondary N) is 1. The molecule has 0 aromatic carbocycles. The molecule has 1 aromatic heterocycles. The van der Waals surface area contributed by atoms with Crippen molar-refractivity contribution in [2.45, 2.75) is 25.3 Å². The maximum Gasteiger partial charge on any atom is 0.242 e. The van der Waals surface area contributed by atoms with Crippen molar-refractivity contribution in [1.29, 1.82) is 0 Å². The number of nitrogens with zero attached hydrogens (tertiary/aromatic N) is 3. The molecule has 0 radical (unpaired) electrons. The molecule has 1 aromatic rings. The van der Waals surface area contributed by atoms with Crippen LogP contribution in [-0.4, -0.2) is 35.5 Å². The third-order valence-corrected chi connectivity index (χ3v) is 3.53. The summed E-state index contributed by atoms with van der Waals surface area (Å²) in [6.45, 7) is 0.855. The Morgan fingerprint density at radius 3 is 3.12 bits per heavy atom. The molecule has 0 aliphatic carbocycles. The Hall–Kier alpha value is -1.17. The SMILES string of the molecule is CNC(=O)C1CCCCN1c1ncncc1Br. The van der Waals surface area contributed by atoms with Crippen LogP contribution in [0.15, 0.2) is 17.0 Å². The van der Waals surface area contributed by atoms with Gasteiger partial charge in [-0.05, 0) is 35.2 Å². The van der Waals surface area contributed by atoms with E-state index in [-0.39, 0.29) is 11.9 Å². The maximum absolute atomic E-state index is 11.9. The van der Waals surface area contributed by atoms with Crippen LogP contribution in [0.3, 0.4) is 0 Å². The van der Waals surface area contributed by atoms with Crippen molar-refractivity contribution in [2.24, 2.45) is 0 Å². The fourth-order valence-corrected chi connectivity index (χ4v) is 2.59. The van der Waals surface area contributed by atoms with Crippen molar-refractivity contribution in [2.75, 3.05) is 18.5 Å². The molecule has 1 saturated heterocycles. The van der Waals surface area contributed by atoms with E-state index >= 15 is 0 Å². The van der Waals surface area contributed by atoms with Gasteiger partial charge in [-0.25, -0.2) is 9.97 Å². The summed E-state index contributed by atoms with van der Waals surface area (Å²) in [5.41, 5.74) is 0. The van der Waals surface area contributed by atoms with E-state index in [1.54, 1.807) is 13.2 Å². The van der Waals surface area contributed by atoms with Gasteiger partial charge < -0.3 is 10.2 Å². The second kappa shape index (κ2) is 5.44. The number of anilines is 1. The number of halogens is 1. The van der Waals surface area contributed by atoms with Gasteiger partial charge in [-0.3, -0.25) is 4.79 Å². The molecule has 0 saturated carbocycles. The molecule has 92 valence electrons. The molecule has 1 N–H and O–H groups in total. The van der Waals surface area contributed by atoms with Gasteiger partial charge in [0.1, 0.15) is 18.2 Å². The first-order valence-electron chi connectivity index (χ1n) is 5.67. The number of rotatable bonds is 2. The Balaban J connectivity index is 2.28. The summed E-state index contributed by atoms with van der Waals surface area (Å²) in [4.78, 5) is 22.1. The molecule has 1 atom stereocenters. The molecule has 17 heavy (non-hydrogen) atoms. The topological polar surface area (TPSA) is 58.1 Å². The zero-order valence-electron chi connectivity index (χ0n) is 9.69. The number of carbonyl (C=O) groups is 1.